The number of methoxy groups -OCH3 is 1. The summed E-state index contributed by atoms with van der Waals surface area (Å²) < 4.78 is 34.2. The Kier molecular flexibility index (Phi) is 6.35. The van der Waals surface area contributed by atoms with Crippen molar-refractivity contribution < 1.29 is 13.5 Å². The molecule has 1 aromatic heterocycles. The molecule has 3 nitrogen and oxygen atoms in total. The molecule has 0 amide bonds. The van der Waals surface area contributed by atoms with Gasteiger partial charge in [-0.2, -0.15) is 11.3 Å². The summed E-state index contributed by atoms with van der Waals surface area (Å²) in [7, 11) is 1.39. The third-order valence-electron chi connectivity index (χ3n) is 3.96. The lowest BCUT2D eigenvalue weighted by Crippen LogP contribution is -2.45. The highest BCUT2D eigenvalue weighted by Gasteiger charge is 2.30. The molecular weight excluding hydrogens is 342 g/mol. The Morgan fingerprint density at radius 3 is 2.57 bits per heavy atom. The first-order chi connectivity index (χ1) is 10.7. The number of nitrogens with one attached hydrogen (secondary N) is 1. The van der Waals surface area contributed by atoms with Crippen LogP contribution in [0.4, 0.5) is 8.78 Å². The van der Waals surface area contributed by atoms with Gasteiger partial charge in [-0.1, -0.05) is 0 Å². The Morgan fingerprint density at radius 2 is 1.96 bits per heavy atom. The van der Waals surface area contributed by atoms with E-state index in [9.17, 15) is 8.78 Å². The molecule has 0 saturated carbocycles. The van der Waals surface area contributed by atoms with Crippen LogP contribution in [0.5, 0.6) is 5.75 Å². The lowest BCUT2D eigenvalue weighted by atomic mass is 9.97. The smallest absolute Gasteiger partial charge is 0.173 e. The van der Waals surface area contributed by atoms with Gasteiger partial charge in [0.1, 0.15) is 5.82 Å². The van der Waals surface area contributed by atoms with E-state index in [0.717, 1.165) is 31.7 Å². The lowest BCUT2D eigenvalue weighted by molar-refractivity contribution is 0.191. The van der Waals surface area contributed by atoms with Gasteiger partial charge in [0.25, 0.3) is 0 Å². The van der Waals surface area contributed by atoms with Gasteiger partial charge in [0.15, 0.2) is 11.6 Å². The SMILES string of the molecule is COc1ccc(F)c([C@@H](c2ccsc2)N2CCNCC2)c1F.Cl. The van der Waals surface area contributed by atoms with Crippen LogP contribution >= 0.6 is 23.7 Å². The van der Waals surface area contributed by atoms with Gasteiger partial charge < -0.3 is 10.1 Å². The Hall–Kier alpha value is -1.21. The topological polar surface area (TPSA) is 24.5 Å². The minimum absolute atomic E-state index is 0. The summed E-state index contributed by atoms with van der Waals surface area (Å²) in [6, 6.07) is 4.11. The second-order valence-electron chi connectivity index (χ2n) is 5.22. The number of benzene rings is 1. The van der Waals surface area contributed by atoms with Crippen LogP contribution in [0.3, 0.4) is 0 Å². The van der Waals surface area contributed by atoms with Gasteiger partial charge in [-0.25, -0.2) is 8.78 Å². The molecule has 0 aliphatic carbocycles. The second kappa shape index (κ2) is 8.06. The summed E-state index contributed by atoms with van der Waals surface area (Å²) in [4.78, 5) is 2.11. The molecule has 1 aliphatic heterocycles. The minimum Gasteiger partial charge on any atom is -0.494 e. The molecule has 0 radical (unpaired) electrons. The molecule has 1 atom stereocenters. The van der Waals surface area contributed by atoms with Crippen molar-refractivity contribution in [3.63, 3.8) is 0 Å². The van der Waals surface area contributed by atoms with Crippen molar-refractivity contribution >= 4 is 23.7 Å². The van der Waals surface area contributed by atoms with E-state index in [4.69, 9.17) is 4.74 Å². The molecule has 7 heteroatoms. The number of hydrogen-bond donors (Lipinski definition) is 1. The molecule has 0 spiro atoms. The summed E-state index contributed by atoms with van der Waals surface area (Å²) in [5.74, 6) is -1.07. The second-order valence-corrected chi connectivity index (χ2v) is 6.00. The van der Waals surface area contributed by atoms with Gasteiger partial charge in [0.05, 0.1) is 13.2 Å². The molecular formula is C16H19ClF2N2OS. The first-order valence-corrected chi connectivity index (χ1v) is 8.15. The van der Waals surface area contributed by atoms with Crippen molar-refractivity contribution in [2.24, 2.45) is 0 Å². The number of piperazine rings is 1. The Balaban J connectivity index is 0.00000192. The average Bonchev–Trinajstić information content (AvgIpc) is 3.06. The van der Waals surface area contributed by atoms with Crippen molar-refractivity contribution in [1.29, 1.82) is 0 Å². The normalized spacial score (nSPS) is 16.7. The van der Waals surface area contributed by atoms with E-state index in [1.54, 1.807) is 0 Å². The zero-order chi connectivity index (χ0) is 15.5. The van der Waals surface area contributed by atoms with Crippen LogP contribution in [0, 0.1) is 11.6 Å². The van der Waals surface area contributed by atoms with Gasteiger partial charge in [0.2, 0.25) is 0 Å². The molecule has 0 bridgehead atoms. The van der Waals surface area contributed by atoms with Crippen molar-refractivity contribution in [2.45, 2.75) is 6.04 Å². The summed E-state index contributed by atoms with van der Waals surface area (Å²) in [6.45, 7) is 3.12. The van der Waals surface area contributed by atoms with E-state index >= 15 is 0 Å². The number of nitrogens with zero attached hydrogens (tertiary/aromatic N) is 1. The molecule has 1 aliphatic rings. The molecule has 3 rings (SSSR count). The van der Waals surface area contributed by atoms with Crippen LogP contribution in [0.2, 0.25) is 0 Å². The fourth-order valence-corrected chi connectivity index (χ4v) is 3.57. The van der Waals surface area contributed by atoms with Crippen molar-refractivity contribution in [3.05, 3.63) is 51.7 Å². The van der Waals surface area contributed by atoms with Crippen LogP contribution in [-0.2, 0) is 0 Å². The van der Waals surface area contributed by atoms with Gasteiger partial charge in [-0.05, 0) is 34.5 Å². The molecule has 0 unspecified atom stereocenters. The molecule has 2 heterocycles. The van der Waals surface area contributed by atoms with Crippen LogP contribution < -0.4 is 10.1 Å². The van der Waals surface area contributed by atoms with Crippen molar-refractivity contribution in [1.82, 2.24) is 10.2 Å². The quantitative estimate of drug-likeness (QED) is 0.903. The van der Waals surface area contributed by atoms with E-state index in [1.807, 2.05) is 16.8 Å². The monoisotopic (exact) mass is 360 g/mol. The molecule has 1 saturated heterocycles. The summed E-state index contributed by atoms with van der Waals surface area (Å²) >= 11 is 1.53. The molecule has 1 aromatic carbocycles. The highest BCUT2D eigenvalue weighted by atomic mass is 35.5. The zero-order valence-corrected chi connectivity index (χ0v) is 14.4. The van der Waals surface area contributed by atoms with E-state index in [0.29, 0.717) is 0 Å². The van der Waals surface area contributed by atoms with Crippen molar-refractivity contribution in [3.8, 4) is 5.75 Å². The molecule has 2 aromatic rings. The Bertz CT molecular complexity index is 633. The fraction of sp³-hybridized carbons (Fsp3) is 0.375. The maximum Gasteiger partial charge on any atom is 0.173 e. The van der Waals surface area contributed by atoms with Crippen LogP contribution in [0.25, 0.3) is 0 Å². The predicted octanol–water partition coefficient (Wildman–Crippen LogP) is 3.45. The van der Waals surface area contributed by atoms with Crippen LogP contribution in [-0.4, -0.2) is 38.2 Å². The highest BCUT2D eigenvalue weighted by molar-refractivity contribution is 7.08. The number of thiophene rings is 1. The Morgan fingerprint density at radius 1 is 1.22 bits per heavy atom. The van der Waals surface area contributed by atoms with Gasteiger partial charge in [-0.15, -0.1) is 12.4 Å². The van der Waals surface area contributed by atoms with E-state index in [-0.39, 0.29) is 23.7 Å². The van der Waals surface area contributed by atoms with Gasteiger partial charge >= 0.3 is 0 Å². The standard InChI is InChI=1S/C16H18F2N2OS.ClH/c1-21-13-3-2-12(17)14(15(13)18)16(11-4-9-22-10-11)20-7-5-19-6-8-20;/h2-4,9-10,16,19H,5-8H2,1H3;1H/t16-;/m1./s1. The maximum atomic E-state index is 14.7. The summed E-state index contributed by atoms with van der Waals surface area (Å²) in [5.41, 5.74) is 0.984. The van der Waals surface area contributed by atoms with Gasteiger partial charge in [0, 0.05) is 31.7 Å². The highest BCUT2D eigenvalue weighted by Crippen LogP contribution is 2.36. The van der Waals surface area contributed by atoms with Crippen LogP contribution in [0.1, 0.15) is 17.2 Å². The summed E-state index contributed by atoms with van der Waals surface area (Å²) in [6.07, 6.45) is 0. The number of hydrogen-bond acceptors (Lipinski definition) is 4. The zero-order valence-electron chi connectivity index (χ0n) is 12.7. The average molecular weight is 361 g/mol. The first-order valence-electron chi connectivity index (χ1n) is 7.21. The Labute approximate surface area is 144 Å². The minimum atomic E-state index is -0.614. The largest absolute Gasteiger partial charge is 0.494 e. The van der Waals surface area contributed by atoms with E-state index < -0.39 is 17.7 Å². The molecule has 126 valence electrons. The maximum absolute atomic E-state index is 14.7. The van der Waals surface area contributed by atoms with Crippen molar-refractivity contribution in [2.75, 3.05) is 33.3 Å². The van der Waals surface area contributed by atoms with E-state index in [2.05, 4.69) is 10.2 Å². The predicted molar refractivity (Wildman–Crippen MR) is 90.8 cm³/mol. The number of halogens is 3. The molecule has 1 N–H and O–H groups in total. The molecule has 23 heavy (non-hydrogen) atoms. The fourth-order valence-electron chi connectivity index (χ4n) is 2.89. The third kappa shape index (κ3) is 3.66. The summed E-state index contributed by atoms with van der Waals surface area (Å²) in [5, 5.41) is 7.15. The van der Waals surface area contributed by atoms with E-state index in [1.165, 1.54) is 30.6 Å². The number of rotatable bonds is 4. The van der Waals surface area contributed by atoms with Crippen LogP contribution in [0.15, 0.2) is 29.0 Å². The number of ether oxygens (including phenoxy) is 1. The van der Waals surface area contributed by atoms with Gasteiger partial charge in [-0.3, -0.25) is 4.90 Å². The first kappa shape index (κ1) is 18.1. The molecule has 1 fully saturated rings. The lowest BCUT2D eigenvalue weighted by Gasteiger charge is -2.35. The third-order valence-corrected chi connectivity index (χ3v) is 4.66.